The maximum Gasteiger partial charge on any atom is 0.261 e. The number of carbonyl (C=O) groups excluding carboxylic acids is 1. The maximum absolute atomic E-state index is 12.7. The highest BCUT2D eigenvalue weighted by atomic mass is 32.2. The summed E-state index contributed by atoms with van der Waals surface area (Å²) in [7, 11) is -7.21. The lowest BCUT2D eigenvalue weighted by atomic mass is 10.1. The molecule has 3 aromatic rings. The van der Waals surface area contributed by atoms with E-state index in [0.717, 1.165) is 17.4 Å². The normalized spacial score (nSPS) is 11.6. The Hall–Kier alpha value is -3.37. The van der Waals surface area contributed by atoms with Crippen LogP contribution in [0, 0.1) is 20.8 Å². The molecule has 10 heteroatoms. The summed E-state index contributed by atoms with van der Waals surface area (Å²) in [4.78, 5) is 12.6. The molecule has 8 nitrogen and oxygen atoms in total. The van der Waals surface area contributed by atoms with Gasteiger partial charge in [0.15, 0.2) is 0 Å². The molecule has 0 unspecified atom stereocenters. The number of nitrogens with one attached hydrogen (secondary N) is 3. The van der Waals surface area contributed by atoms with Crippen LogP contribution in [0.15, 0.2) is 65.6 Å². The van der Waals surface area contributed by atoms with Gasteiger partial charge in [-0.2, -0.15) is 0 Å². The van der Waals surface area contributed by atoms with Crippen molar-refractivity contribution in [3.63, 3.8) is 0 Å². The largest absolute Gasteiger partial charge is 0.322 e. The van der Waals surface area contributed by atoms with Gasteiger partial charge in [0.05, 0.1) is 16.8 Å². The van der Waals surface area contributed by atoms with Crippen molar-refractivity contribution in [2.24, 2.45) is 0 Å². The first-order valence-corrected chi connectivity index (χ1v) is 13.3. The van der Waals surface area contributed by atoms with Crippen molar-refractivity contribution in [1.29, 1.82) is 0 Å². The summed E-state index contributed by atoms with van der Waals surface area (Å²) in [5.41, 5.74) is 4.24. The Kier molecular flexibility index (Phi) is 6.80. The molecule has 0 aliphatic heterocycles. The third-order valence-corrected chi connectivity index (χ3v) is 6.95. The average molecular weight is 488 g/mol. The van der Waals surface area contributed by atoms with Crippen molar-refractivity contribution in [1.82, 2.24) is 0 Å². The molecule has 3 N–H and O–H groups in total. The third-order valence-electron chi connectivity index (χ3n) is 4.97. The topological polar surface area (TPSA) is 121 Å². The van der Waals surface area contributed by atoms with Crippen LogP contribution in [0.3, 0.4) is 0 Å². The van der Waals surface area contributed by atoms with Gasteiger partial charge in [0.2, 0.25) is 10.0 Å². The maximum atomic E-state index is 12.7. The Labute approximate surface area is 194 Å². The second-order valence-electron chi connectivity index (χ2n) is 7.79. The Bertz CT molecular complexity index is 1410. The summed E-state index contributed by atoms with van der Waals surface area (Å²) in [6.07, 6.45) is 1.05. The van der Waals surface area contributed by atoms with Gasteiger partial charge in [0.1, 0.15) is 0 Å². The van der Waals surface area contributed by atoms with Gasteiger partial charge in [-0.05, 0) is 92.1 Å². The van der Waals surface area contributed by atoms with E-state index in [1.54, 1.807) is 25.1 Å². The molecule has 0 aromatic heterocycles. The van der Waals surface area contributed by atoms with E-state index >= 15 is 0 Å². The lowest BCUT2D eigenvalue weighted by Crippen LogP contribution is -2.15. The van der Waals surface area contributed by atoms with E-state index in [-0.39, 0.29) is 4.90 Å². The minimum atomic E-state index is -3.78. The molecule has 0 radical (unpaired) electrons. The molecule has 0 heterocycles. The molecule has 0 spiro atoms. The number of aryl methyl sites for hydroxylation is 3. The molecule has 1 amide bonds. The molecular weight excluding hydrogens is 462 g/mol. The smallest absolute Gasteiger partial charge is 0.261 e. The second kappa shape index (κ2) is 9.24. The van der Waals surface area contributed by atoms with Gasteiger partial charge in [-0.25, -0.2) is 16.8 Å². The van der Waals surface area contributed by atoms with Crippen molar-refractivity contribution < 1.29 is 21.6 Å². The summed E-state index contributed by atoms with van der Waals surface area (Å²) >= 11 is 0. The van der Waals surface area contributed by atoms with Crippen LogP contribution in [0.2, 0.25) is 0 Å². The molecule has 174 valence electrons. The molecule has 3 aromatic carbocycles. The zero-order valence-corrected chi connectivity index (χ0v) is 20.3. The van der Waals surface area contributed by atoms with Crippen LogP contribution in [0.5, 0.6) is 0 Å². The van der Waals surface area contributed by atoms with Gasteiger partial charge < -0.3 is 5.32 Å². The molecule has 0 bridgehead atoms. The van der Waals surface area contributed by atoms with Gasteiger partial charge in [0.25, 0.3) is 15.9 Å². The Morgan fingerprint density at radius 2 is 1.33 bits per heavy atom. The minimum absolute atomic E-state index is 0.0609. The highest BCUT2D eigenvalue weighted by molar-refractivity contribution is 7.92. The van der Waals surface area contributed by atoms with E-state index in [0.29, 0.717) is 28.2 Å². The minimum Gasteiger partial charge on any atom is -0.322 e. The van der Waals surface area contributed by atoms with Crippen LogP contribution in [0.1, 0.15) is 27.0 Å². The second-order valence-corrected chi connectivity index (χ2v) is 11.2. The molecule has 0 saturated carbocycles. The number of rotatable bonds is 7. The van der Waals surface area contributed by atoms with Gasteiger partial charge in [-0.3, -0.25) is 14.2 Å². The fourth-order valence-electron chi connectivity index (χ4n) is 3.06. The van der Waals surface area contributed by atoms with Crippen LogP contribution < -0.4 is 14.8 Å². The summed E-state index contributed by atoms with van der Waals surface area (Å²) in [5, 5.41) is 2.70. The van der Waals surface area contributed by atoms with Crippen molar-refractivity contribution in [3.8, 4) is 0 Å². The third kappa shape index (κ3) is 6.33. The number of carbonyl (C=O) groups is 1. The van der Waals surface area contributed by atoms with Crippen molar-refractivity contribution in [3.05, 3.63) is 82.9 Å². The number of amides is 1. The van der Waals surface area contributed by atoms with Gasteiger partial charge in [-0.15, -0.1) is 0 Å². The number of anilines is 3. The number of benzene rings is 3. The van der Waals surface area contributed by atoms with Crippen LogP contribution >= 0.6 is 0 Å². The standard InChI is InChI=1S/C23H25N3O5S2/c1-15-5-7-20(14-16(15)2)25-33(30,31)21-10-8-19(9-11-21)24-23(27)18-6-12-22(17(3)13-18)26-32(4,28)29/h5-14,25-26H,1-4H3,(H,24,27). The number of sulfonamides is 2. The van der Waals surface area contributed by atoms with Crippen molar-refractivity contribution in [2.75, 3.05) is 21.0 Å². The zero-order chi connectivity index (χ0) is 24.4. The fraction of sp³-hybridized carbons (Fsp3) is 0.174. The summed E-state index contributed by atoms with van der Waals surface area (Å²) in [6.45, 7) is 5.54. The molecule has 3 rings (SSSR count). The van der Waals surface area contributed by atoms with Crippen molar-refractivity contribution >= 4 is 43.0 Å². The number of hydrogen-bond donors (Lipinski definition) is 3. The van der Waals surface area contributed by atoms with Crippen LogP contribution in [-0.4, -0.2) is 29.0 Å². The van der Waals surface area contributed by atoms with Gasteiger partial charge in [0, 0.05) is 16.9 Å². The molecule has 0 aliphatic rings. The molecule has 0 saturated heterocycles. The van der Waals surface area contributed by atoms with Crippen molar-refractivity contribution in [2.45, 2.75) is 25.7 Å². The first-order valence-electron chi connectivity index (χ1n) is 9.94. The predicted octanol–water partition coefficient (Wildman–Crippen LogP) is 4.04. The Morgan fingerprint density at radius 3 is 1.91 bits per heavy atom. The van der Waals surface area contributed by atoms with Crippen LogP contribution in [0.25, 0.3) is 0 Å². The summed E-state index contributed by atoms with van der Waals surface area (Å²) in [5.74, 6) is -0.409. The molecule has 0 atom stereocenters. The van der Waals surface area contributed by atoms with E-state index in [2.05, 4.69) is 14.8 Å². The number of hydrogen-bond acceptors (Lipinski definition) is 5. The first-order chi connectivity index (χ1) is 15.3. The molecule has 0 fully saturated rings. The highest BCUT2D eigenvalue weighted by Gasteiger charge is 2.15. The van der Waals surface area contributed by atoms with E-state index in [9.17, 15) is 21.6 Å². The first kappa shape index (κ1) is 24.3. The van der Waals surface area contributed by atoms with Crippen LogP contribution in [-0.2, 0) is 20.0 Å². The van der Waals surface area contributed by atoms with E-state index in [4.69, 9.17) is 0 Å². The van der Waals surface area contributed by atoms with E-state index < -0.39 is 26.0 Å². The SMILES string of the molecule is Cc1ccc(NS(=O)(=O)c2ccc(NC(=O)c3ccc(NS(C)(=O)=O)c(C)c3)cc2)cc1C. The van der Waals surface area contributed by atoms with Crippen LogP contribution in [0.4, 0.5) is 17.1 Å². The fourth-order valence-corrected chi connectivity index (χ4v) is 4.74. The predicted molar refractivity (Wildman–Crippen MR) is 131 cm³/mol. The molecular formula is C23H25N3O5S2. The molecule has 33 heavy (non-hydrogen) atoms. The van der Waals surface area contributed by atoms with Gasteiger partial charge in [-0.1, -0.05) is 6.07 Å². The Morgan fingerprint density at radius 1 is 0.697 bits per heavy atom. The average Bonchev–Trinajstić information content (AvgIpc) is 2.71. The Balaban J connectivity index is 1.71. The summed E-state index contributed by atoms with van der Waals surface area (Å²) in [6, 6.07) is 15.7. The lowest BCUT2D eigenvalue weighted by Gasteiger charge is -2.12. The quantitative estimate of drug-likeness (QED) is 0.464. The summed E-state index contributed by atoms with van der Waals surface area (Å²) < 4.78 is 53.1. The highest BCUT2D eigenvalue weighted by Crippen LogP contribution is 2.22. The van der Waals surface area contributed by atoms with E-state index in [1.165, 1.54) is 36.4 Å². The van der Waals surface area contributed by atoms with Gasteiger partial charge >= 0.3 is 0 Å². The zero-order valence-electron chi connectivity index (χ0n) is 18.6. The van der Waals surface area contributed by atoms with E-state index in [1.807, 2.05) is 19.9 Å². The lowest BCUT2D eigenvalue weighted by molar-refractivity contribution is 0.102. The monoisotopic (exact) mass is 487 g/mol. The molecule has 0 aliphatic carbocycles.